The molecule has 0 aliphatic heterocycles. The molecule has 134 valence electrons. The number of nitrogens with one attached hydrogen (secondary N) is 1. The van der Waals surface area contributed by atoms with Crippen LogP contribution in [0.2, 0.25) is 5.02 Å². The normalized spacial score (nSPS) is 11.3. The van der Waals surface area contributed by atoms with Crippen LogP contribution in [0, 0.1) is 0 Å². The molecule has 2 aromatic carbocycles. The van der Waals surface area contributed by atoms with Gasteiger partial charge in [-0.2, -0.15) is 0 Å². The molecule has 0 saturated heterocycles. The van der Waals surface area contributed by atoms with Gasteiger partial charge < -0.3 is 4.90 Å². The molecule has 5 nitrogen and oxygen atoms in total. The fourth-order valence-corrected chi connectivity index (χ4v) is 3.59. The molecule has 1 N–H and O–H groups in total. The van der Waals surface area contributed by atoms with Crippen LogP contribution >= 0.6 is 11.6 Å². The Morgan fingerprint density at radius 1 is 1.08 bits per heavy atom. The van der Waals surface area contributed by atoms with Crippen molar-refractivity contribution in [3.63, 3.8) is 0 Å². The van der Waals surface area contributed by atoms with Crippen molar-refractivity contribution in [1.82, 2.24) is 9.62 Å². The molecule has 0 aliphatic rings. The second kappa shape index (κ2) is 8.99. The van der Waals surface area contributed by atoms with E-state index in [1.165, 1.54) is 12.1 Å². The molecule has 0 radical (unpaired) electrons. The lowest BCUT2D eigenvalue weighted by atomic mass is 10.2. The quantitative estimate of drug-likeness (QED) is 0.765. The van der Waals surface area contributed by atoms with Gasteiger partial charge in [-0.25, -0.2) is 13.1 Å². The molecule has 7 heteroatoms. The number of benzene rings is 2. The maximum atomic E-state index is 12.4. The van der Waals surface area contributed by atoms with Crippen molar-refractivity contribution in [2.24, 2.45) is 0 Å². The molecule has 0 fully saturated rings. The van der Waals surface area contributed by atoms with Gasteiger partial charge in [-0.15, -0.1) is 0 Å². The van der Waals surface area contributed by atoms with Crippen molar-refractivity contribution in [3.05, 3.63) is 65.2 Å². The molecule has 0 heterocycles. The van der Waals surface area contributed by atoms with E-state index in [9.17, 15) is 13.2 Å². The van der Waals surface area contributed by atoms with Crippen molar-refractivity contribution >= 4 is 27.5 Å². The third kappa shape index (κ3) is 5.56. The number of hydrogen-bond acceptors (Lipinski definition) is 3. The Labute approximate surface area is 153 Å². The van der Waals surface area contributed by atoms with Crippen LogP contribution in [0.4, 0.5) is 0 Å². The molecule has 0 bridgehead atoms. The van der Waals surface area contributed by atoms with Gasteiger partial charge in [0.2, 0.25) is 15.9 Å². The molecule has 0 aromatic heterocycles. The Morgan fingerprint density at radius 2 is 1.72 bits per heavy atom. The van der Waals surface area contributed by atoms with E-state index in [0.29, 0.717) is 18.1 Å². The van der Waals surface area contributed by atoms with Crippen molar-refractivity contribution in [3.8, 4) is 0 Å². The molecule has 0 spiro atoms. The van der Waals surface area contributed by atoms with E-state index in [1.807, 2.05) is 25.1 Å². The lowest BCUT2D eigenvalue weighted by Crippen LogP contribution is -2.34. The van der Waals surface area contributed by atoms with Crippen LogP contribution in [-0.4, -0.2) is 32.3 Å². The number of hydrogen-bond donors (Lipinski definition) is 1. The Balaban J connectivity index is 1.91. The van der Waals surface area contributed by atoms with Gasteiger partial charge >= 0.3 is 0 Å². The monoisotopic (exact) mass is 380 g/mol. The van der Waals surface area contributed by atoms with Gasteiger partial charge in [0.05, 0.1) is 4.90 Å². The van der Waals surface area contributed by atoms with E-state index in [1.54, 1.807) is 29.2 Å². The number of sulfonamides is 1. The van der Waals surface area contributed by atoms with Gasteiger partial charge in [0.15, 0.2) is 0 Å². The zero-order chi connectivity index (χ0) is 18.3. The van der Waals surface area contributed by atoms with Gasteiger partial charge in [0.25, 0.3) is 0 Å². The maximum Gasteiger partial charge on any atom is 0.240 e. The topological polar surface area (TPSA) is 66.5 Å². The molecular formula is C18H21ClN2O3S. The third-order valence-electron chi connectivity index (χ3n) is 3.74. The van der Waals surface area contributed by atoms with Gasteiger partial charge in [0.1, 0.15) is 0 Å². The van der Waals surface area contributed by atoms with E-state index in [-0.39, 0.29) is 23.8 Å². The van der Waals surface area contributed by atoms with Crippen molar-refractivity contribution in [1.29, 1.82) is 0 Å². The van der Waals surface area contributed by atoms with Crippen LogP contribution < -0.4 is 4.72 Å². The number of carbonyl (C=O) groups excluding carboxylic acids is 1. The number of nitrogens with zero attached hydrogens (tertiary/aromatic N) is 1. The zero-order valence-electron chi connectivity index (χ0n) is 14.0. The highest BCUT2D eigenvalue weighted by atomic mass is 35.5. The molecule has 2 rings (SSSR count). The second-order valence-electron chi connectivity index (χ2n) is 5.46. The molecule has 0 saturated carbocycles. The standard InChI is InChI=1S/C18H21ClN2O3S/c1-2-21(14-15-8-6-7-11-17(15)19)18(22)12-13-20-25(23,24)16-9-4-3-5-10-16/h3-11,20H,2,12-14H2,1H3. The first kappa shape index (κ1) is 19.4. The van der Waals surface area contributed by atoms with Crippen LogP contribution in [0.15, 0.2) is 59.5 Å². The van der Waals surface area contributed by atoms with Gasteiger partial charge in [-0.05, 0) is 30.7 Å². The predicted octanol–water partition coefficient (Wildman–Crippen LogP) is 3.06. The summed E-state index contributed by atoms with van der Waals surface area (Å²) in [6.45, 7) is 2.86. The van der Waals surface area contributed by atoms with Crippen molar-refractivity contribution in [2.75, 3.05) is 13.1 Å². The van der Waals surface area contributed by atoms with Crippen LogP contribution in [0.1, 0.15) is 18.9 Å². The maximum absolute atomic E-state index is 12.4. The number of rotatable bonds is 8. The summed E-state index contributed by atoms with van der Waals surface area (Å²) in [4.78, 5) is 14.2. The summed E-state index contributed by atoms with van der Waals surface area (Å²) in [6.07, 6.45) is 0.0877. The molecule has 0 unspecified atom stereocenters. The largest absolute Gasteiger partial charge is 0.339 e. The lowest BCUT2D eigenvalue weighted by molar-refractivity contribution is -0.131. The van der Waals surface area contributed by atoms with Crippen molar-refractivity contribution < 1.29 is 13.2 Å². The van der Waals surface area contributed by atoms with Gasteiger partial charge in [0, 0.05) is 31.1 Å². The SMILES string of the molecule is CCN(Cc1ccccc1Cl)C(=O)CCNS(=O)(=O)c1ccccc1. The third-order valence-corrected chi connectivity index (χ3v) is 5.58. The van der Waals surface area contributed by atoms with E-state index in [2.05, 4.69) is 4.72 Å². The average molecular weight is 381 g/mol. The Hall–Kier alpha value is -1.89. The highest BCUT2D eigenvalue weighted by Crippen LogP contribution is 2.17. The van der Waals surface area contributed by atoms with E-state index in [4.69, 9.17) is 11.6 Å². The summed E-state index contributed by atoms with van der Waals surface area (Å²) in [5.41, 5.74) is 0.865. The van der Waals surface area contributed by atoms with Crippen molar-refractivity contribution in [2.45, 2.75) is 24.8 Å². The Kier molecular flexibility index (Phi) is 6.99. The van der Waals surface area contributed by atoms with E-state index < -0.39 is 10.0 Å². The first-order valence-electron chi connectivity index (χ1n) is 8.00. The minimum Gasteiger partial charge on any atom is -0.339 e. The molecule has 2 aromatic rings. The molecular weight excluding hydrogens is 360 g/mol. The van der Waals surface area contributed by atoms with Gasteiger partial charge in [-0.1, -0.05) is 48.0 Å². The smallest absolute Gasteiger partial charge is 0.240 e. The molecule has 0 aliphatic carbocycles. The highest BCUT2D eigenvalue weighted by molar-refractivity contribution is 7.89. The molecule has 1 amide bonds. The molecule has 0 atom stereocenters. The second-order valence-corrected chi connectivity index (χ2v) is 7.63. The fraction of sp³-hybridized carbons (Fsp3) is 0.278. The number of halogens is 1. The van der Waals surface area contributed by atoms with Crippen LogP contribution in [0.3, 0.4) is 0 Å². The highest BCUT2D eigenvalue weighted by Gasteiger charge is 2.16. The minimum atomic E-state index is -3.60. The lowest BCUT2D eigenvalue weighted by Gasteiger charge is -2.21. The first-order valence-corrected chi connectivity index (χ1v) is 9.86. The Morgan fingerprint density at radius 3 is 2.36 bits per heavy atom. The minimum absolute atomic E-state index is 0.0507. The molecule has 25 heavy (non-hydrogen) atoms. The number of amides is 1. The Bertz CT molecular complexity index is 810. The summed E-state index contributed by atoms with van der Waals surface area (Å²) in [5, 5.41) is 0.610. The summed E-state index contributed by atoms with van der Waals surface area (Å²) in [6, 6.07) is 15.4. The van der Waals surface area contributed by atoms with Crippen LogP contribution in [0.25, 0.3) is 0 Å². The first-order chi connectivity index (χ1) is 11.9. The predicted molar refractivity (Wildman–Crippen MR) is 98.8 cm³/mol. The van der Waals surface area contributed by atoms with E-state index >= 15 is 0 Å². The van der Waals surface area contributed by atoms with E-state index in [0.717, 1.165) is 5.56 Å². The van der Waals surface area contributed by atoms with Crippen LogP contribution in [0.5, 0.6) is 0 Å². The van der Waals surface area contributed by atoms with Crippen LogP contribution in [-0.2, 0) is 21.4 Å². The fourth-order valence-electron chi connectivity index (χ4n) is 2.34. The summed E-state index contributed by atoms with van der Waals surface area (Å²) >= 11 is 6.13. The number of carbonyl (C=O) groups is 1. The average Bonchev–Trinajstić information content (AvgIpc) is 2.61. The van der Waals surface area contributed by atoms with Gasteiger partial charge in [-0.3, -0.25) is 4.79 Å². The summed E-state index contributed by atoms with van der Waals surface area (Å²) in [5.74, 6) is -0.127. The zero-order valence-corrected chi connectivity index (χ0v) is 15.6. The summed E-state index contributed by atoms with van der Waals surface area (Å²) < 4.78 is 26.7. The summed E-state index contributed by atoms with van der Waals surface area (Å²) in [7, 11) is -3.60.